The average molecular weight is 377 g/mol. The molecule has 27 heavy (non-hydrogen) atoms. The fourth-order valence-corrected chi connectivity index (χ4v) is 2.75. The topological polar surface area (TPSA) is 116 Å². The molecule has 0 bridgehead atoms. The molecule has 1 aromatic rings. The van der Waals surface area contributed by atoms with Gasteiger partial charge in [0.15, 0.2) is 5.78 Å². The Morgan fingerprint density at radius 1 is 1.19 bits per heavy atom. The molecule has 0 aliphatic carbocycles. The van der Waals surface area contributed by atoms with E-state index < -0.39 is 24.0 Å². The van der Waals surface area contributed by atoms with Crippen LogP contribution in [0.5, 0.6) is 0 Å². The molecule has 2 N–H and O–H groups in total. The van der Waals surface area contributed by atoms with Crippen LogP contribution in [0.25, 0.3) is 0 Å². The summed E-state index contributed by atoms with van der Waals surface area (Å²) in [5, 5.41) is 5.14. The van der Waals surface area contributed by atoms with Gasteiger partial charge >= 0.3 is 18.0 Å². The molecule has 2 amide bonds. The van der Waals surface area contributed by atoms with Crippen LogP contribution in [-0.2, 0) is 21.3 Å². The molecule has 2 rings (SSSR count). The van der Waals surface area contributed by atoms with Gasteiger partial charge in [-0.3, -0.25) is 4.79 Å². The normalized spacial score (nSPS) is 16.4. The highest BCUT2D eigenvalue weighted by Crippen LogP contribution is 2.18. The van der Waals surface area contributed by atoms with E-state index in [2.05, 4.69) is 10.6 Å². The summed E-state index contributed by atoms with van der Waals surface area (Å²) >= 11 is 0. The Labute approximate surface area is 156 Å². The van der Waals surface area contributed by atoms with Gasteiger partial charge in [0.2, 0.25) is 0 Å². The number of ketones is 1. The van der Waals surface area contributed by atoms with Gasteiger partial charge in [0.1, 0.15) is 12.3 Å². The van der Waals surface area contributed by atoms with E-state index >= 15 is 0 Å². The first-order valence-corrected chi connectivity index (χ1v) is 8.60. The smallest absolute Gasteiger partial charge is 0.355 e. The van der Waals surface area contributed by atoms with Crippen molar-refractivity contribution in [3.05, 3.63) is 34.8 Å². The van der Waals surface area contributed by atoms with E-state index in [1.165, 1.54) is 23.8 Å². The van der Waals surface area contributed by atoms with Crippen LogP contribution in [0.1, 0.15) is 48.0 Å². The van der Waals surface area contributed by atoms with Gasteiger partial charge in [-0.1, -0.05) is 6.92 Å². The Hall–Kier alpha value is -3.10. The van der Waals surface area contributed by atoms with E-state index in [-0.39, 0.29) is 36.0 Å². The Morgan fingerprint density at radius 3 is 2.44 bits per heavy atom. The SMILES string of the molecule is CCOC(=O)C1=C(COC(=O)c2cc(C(C)=O)cn2C)NC(=O)N[C@H]1CC. The molecule has 0 unspecified atom stereocenters. The van der Waals surface area contributed by atoms with Crippen molar-refractivity contribution in [2.75, 3.05) is 13.2 Å². The number of hydrogen-bond acceptors (Lipinski definition) is 6. The average Bonchev–Trinajstić information content (AvgIpc) is 3.01. The minimum Gasteiger partial charge on any atom is -0.463 e. The van der Waals surface area contributed by atoms with E-state index in [4.69, 9.17) is 9.47 Å². The summed E-state index contributed by atoms with van der Waals surface area (Å²) in [6.07, 6.45) is 2.00. The van der Waals surface area contributed by atoms with E-state index in [1.54, 1.807) is 14.0 Å². The number of aromatic nitrogens is 1. The van der Waals surface area contributed by atoms with Gasteiger partial charge in [0, 0.05) is 18.8 Å². The van der Waals surface area contributed by atoms with Gasteiger partial charge in [-0.05, 0) is 26.3 Å². The summed E-state index contributed by atoms with van der Waals surface area (Å²) in [4.78, 5) is 47.9. The van der Waals surface area contributed by atoms with Crippen LogP contribution in [0, 0.1) is 0 Å². The lowest BCUT2D eigenvalue weighted by Crippen LogP contribution is -2.51. The number of nitrogens with one attached hydrogen (secondary N) is 2. The molecule has 0 saturated carbocycles. The lowest BCUT2D eigenvalue weighted by atomic mass is 10.0. The summed E-state index contributed by atoms with van der Waals surface area (Å²) in [6.45, 7) is 4.76. The van der Waals surface area contributed by atoms with Crippen LogP contribution in [0.15, 0.2) is 23.5 Å². The van der Waals surface area contributed by atoms with E-state index in [9.17, 15) is 19.2 Å². The van der Waals surface area contributed by atoms with Gasteiger partial charge < -0.3 is 24.7 Å². The third-order valence-corrected chi connectivity index (χ3v) is 4.12. The molecule has 9 nitrogen and oxygen atoms in total. The number of amides is 2. The number of carbonyl (C=O) groups is 4. The number of carbonyl (C=O) groups excluding carboxylic acids is 4. The molecule has 0 spiro atoms. The minimum atomic E-state index is -0.679. The van der Waals surface area contributed by atoms with E-state index in [1.807, 2.05) is 6.92 Å². The first kappa shape index (κ1) is 20.2. The van der Waals surface area contributed by atoms with Crippen LogP contribution in [0.3, 0.4) is 0 Å². The number of ether oxygens (including phenoxy) is 2. The number of aryl methyl sites for hydroxylation is 1. The molecule has 1 aliphatic heterocycles. The largest absolute Gasteiger partial charge is 0.463 e. The molecule has 0 aromatic carbocycles. The zero-order valence-electron chi connectivity index (χ0n) is 15.8. The molecule has 1 aromatic heterocycles. The second-order valence-corrected chi connectivity index (χ2v) is 6.03. The van der Waals surface area contributed by atoms with Crippen LogP contribution in [0.2, 0.25) is 0 Å². The molecule has 1 aliphatic rings. The van der Waals surface area contributed by atoms with Crippen LogP contribution >= 0.6 is 0 Å². The maximum Gasteiger partial charge on any atom is 0.355 e. The Bertz CT molecular complexity index is 808. The van der Waals surface area contributed by atoms with Gasteiger partial charge in [-0.2, -0.15) is 0 Å². The Balaban J connectivity index is 2.23. The van der Waals surface area contributed by atoms with Crippen LogP contribution in [-0.4, -0.2) is 47.6 Å². The summed E-state index contributed by atoms with van der Waals surface area (Å²) < 4.78 is 11.8. The van der Waals surface area contributed by atoms with Gasteiger partial charge in [0.25, 0.3) is 0 Å². The quantitative estimate of drug-likeness (QED) is 0.546. The lowest BCUT2D eigenvalue weighted by molar-refractivity contribution is -0.139. The van der Waals surface area contributed by atoms with E-state index in [0.717, 1.165) is 0 Å². The highest BCUT2D eigenvalue weighted by atomic mass is 16.5. The zero-order valence-corrected chi connectivity index (χ0v) is 15.8. The first-order chi connectivity index (χ1) is 12.8. The van der Waals surface area contributed by atoms with Crippen molar-refractivity contribution in [3.8, 4) is 0 Å². The molecule has 2 heterocycles. The first-order valence-electron chi connectivity index (χ1n) is 8.60. The van der Waals surface area contributed by atoms with Crippen molar-refractivity contribution >= 4 is 23.8 Å². The summed E-state index contributed by atoms with van der Waals surface area (Å²) in [5.41, 5.74) is 0.976. The standard InChI is InChI=1S/C18H23N3O6/c1-5-12-15(17(24)26-6-2)13(20-18(25)19-12)9-27-16(23)14-7-11(10(3)22)8-21(14)4/h7-8,12H,5-6,9H2,1-4H3,(H2,19,20,25)/t12-/m0/s1. The second kappa shape index (κ2) is 8.52. The molecule has 0 saturated heterocycles. The molecular weight excluding hydrogens is 354 g/mol. The van der Waals surface area contributed by atoms with Crippen molar-refractivity contribution < 1.29 is 28.7 Å². The van der Waals surface area contributed by atoms with Gasteiger partial charge in [-0.25, -0.2) is 14.4 Å². The fraction of sp³-hybridized carbons (Fsp3) is 0.444. The molecule has 9 heteroatoms. The summed E-state index contributed by atoms with van der Waals surface area (Å²) in [5.74, 6) is -1.43. The number of urea groups is 1. The summed E-state index contributed by atoms with van der Waals surface area (Å²) in [6, 6.07) is 0.408. The molecule has 1 atom stereocenters. The maximum atomic E-state index is 12.4. The van der Waals surface area contributed by atoms with Crippen LogP contribution < -0.4 is 10.6 Å². The van der Waals surface area contributed by atoms with Crippen molar-refractivity contribution in [2.24, 2.45) is 7.05 Å². The number of esters is 2. The molecule has 146 valence electrons. The third kappa shape index (κ3) is 4.55. The summed E-state index contributed by atoms with van der Waals surface area (Å²) in [7, 11) is 1.62. The number of nitrogens with zero attached hydrogens (tertiary/aromatic N) is 1. The maximum absolute atomic E-state index is 12.4. The van der Waals surface area contributed by atoms with Gasteiger partial charge in [0.05, 0.1) is 23.9 Å². The van der Waals surface area contributed by atoms with E-state index in [0.29, 0.717) is 12.0 Å². The predicted octanol–water partition coefficient (Wildman–Crippen LogP) is 1.29. The zero-order chi connectivity index (χ0) is 20.1. The number of Topliss-reactive ketones (excluding diaryl/α,β-unsaturated/α-hetero) is 1. The molecule has 0 fully saturated rings. The van der Waals surface area contributed by atoms with Crippen molar-refractivity contribution in [3.63, 3.8) is 0 Å². The second-order valence-electron chi connectivity index (χ2n) is 6.03. The predicted molar refractivity (Wildman–Crippen MR) is 95.1 cm³/mol. The Morgan fingerprint density at radius 2 is 1.89 bits per heavy atom. The van der Waals surface area contributed by atoms with Crippen molar-refractivity contribution in [1.29, 1.82) is 0 Å². The number of hydrogen-bond donors (Lipinski definition) is 2. The highest BCUT2D eigenvalue weighted by Gasteiger charge is 2.32. The monoisotopic (exact) mass is 377 g/mol. The lowest BCUT2D eigenvalue weighted by Gasteiger charge is -2.28. The van der Waals surface area contributed by atoms with Crippen LogP contribution in [0.4, 0.5) is 4.79 Å². The highest BCUT2D eigenvalue weighted by molar-refractivity contribution is 5.98. The molecule has 0 radical (unpaired) electrons. The van der Waals surface area contributed by atoms with Gasteiger partial charge in [-0.15, -0.1) is 0 Å². The minimum absolute atomic E-state index is 0.173. The molecular formula is C18H23N3O6. The Kier molecular flexibility index (Phi) is 6.38. The number of rotatable bonds is 7. The fourth-order valence-electron chi connectivity index (χ4n) is 2.75. The van der Waals surface area contributed by atoms with Crippen molar-refractivity contribution in [2.45, 2.75) is 33.2 Å². The van der Waals surface area contributed by atoms with Crippen molar-refractivity contribution in [1.82, 2.24) is 15.2 Å². The third-order valence-electron chi connectivity index (χ3n) is 4.12.